The predicted octanol–water partition coefficient (Wildman–Crippen LogP) is 1.63. The highest BCUT2D eigenvalue weighted by Crippen LogP contribution is 2.26. The summed E-state index contributed by atoms with van der Waals surface area (Å²) in [4.78, 5) is 23.4. The first-order valence-corrected chi connectivity index (χ1v) is 6.69. The fourth-order valence-electron chi connectivity index (χ4n) is 2.25. The zero-order valence-electron chi connectivity index (χ0n) is 11.8. The van der Waals surface area contributed by atoms with Crippen LogP contribution in [0.3, 0.4) is 0 Å². The van der Waals surface area contributed by atoms with E-state index < -0.39 is 10.8 Å². The Morgan fingerprint density at radius 1 is 1.09 bits per heavy atom. The number of para-hydroxylation sites is 1. The molecule has 0 saturated heterocycles. The third-order valence-corrected chi connectivity index (χ3v) is 3.39. The van der Waals surface area contributed by atoms with E-state index >= 15 is 0 Å². The molecule has 8 heteroatoms. The van der Waals surface area contributed by atoms with Gasteiger partial charge < -0.3 is 5.21 Å². The van der Waals surface area contributed by atoms with Gasteiger partial charge in [0, 0.05) is 17.7 Å². The van der Waals surface area contributed by atoms with Crippen LogP contribution >= 0.6 is 0 Å². The minimum Gasteiger partial charge on any atom is -0.595 e. The van der Waals surface area contributed by atoms with Crippen molar-refractivity contribution < 1.29 is 10.4 Å². The summed E-state index contributed by atoms with van der Waals surface area (Å²) >= 11 is 0. The number of rotatable bonds is 4. The Kier molecular flexibility index (Phi) is 3.85. The molecule has 2 aromatic carbocycles. The smallest absolute Gasteiger partial charge is 0.301 e. The second-order valence-corrected chi connectivity index (χ2v) is 4.79. The molecule has 1 heterocycles. The lowest BCUT2D eigenvalue weighted by Gasteiger charge is -2.11. The first-order chi connectivity index (χ1) is 11.1. The lowest BCUT2D eigenvalue weighted by Crippen LogP contribution is -2.99. The SMILES string of the molecule is O=Nc1c(-c2ccc([NH+]([O-])O)cc2)[nH]n(-c2ccccc2)c1=O. The monoisotopic (exact) mass is 312 g/mol. The lowest BCUT2D eigenvalue weighted by molar-refractivity contribution is -0.991. The molecule has 23 heavy (non-hydrogen) atoms. The number of nitroso groups, excluding NO2 is 1. The van der Waals surface area contributed by atoms with Crippen LogP contribution in [0.5, 0.6) is 0 Å². The highest BCUT2D eigenvalue weighted by atomic mass is 16.8. The lowest BCUT2D eigenvalue weighted by atomic mass is 10.1. The standard InChI is InChI=1S/C15H12N4O4/c20-15-14(17-21)13(10-6-8-12(9-7-10)19(22)23)16-18(15)11-4-2-1-3-5-11/h1-9,16,19,22H. The van der Waals surface area contributed by atoms with E-state index in [0.29, 0.717) is 11.3 Å². The normalized spacial score (nSPS) is 12.1. The van der Waals surface area contributed by atoms with E-state index in [1.807, 2.05) is 6.07 Å². The molecule has 3 aromatic rings. The van der Waals surface area contributed by atoms with E-state index in [9.17, 15) is 14.9 Å². The maximum absolute atomic E-state index is 12.3. The molecule has 1 atom stereocenters. The number of aromatic amines is 1. The topological polar surface area (TPSA) is 115 Å². The van der Waals surface area contributed by atoms with E-state index in [4.69, 9.17) is 5.21 Å². The van der Waals surface area contributed by atoms with E-state index in [1.54, 1.807) is 24.3 Å². The molecule has 0 radical (unpaired) electrons. The number of nitrogens with zero attached hydrogens (tertiary/aromatic N) is 2. The van der Waals surface area contributed by atoms with Crippen LogP contribution in [0.2, 0.25) is 0 Å². The molecule has 116 valence electrons. The van der Waals surface area contributed by atoms with Crippen molar-refractivity contribution >= 4 is 11.4 Å². The van der Waals surface area contributed by atoms with Gasteiger partial charge in [0.05, 0.1) is 11.4 Å². The number of benzene rings is 2. The summed E-state index contributed by atoms with van der Waals surface area (Å²) in [5.41, 5.74) is 0.595. The largest absolute Gasteiger partial charge is 0.595 e. The maximum atomic E-state index is 12.3. The van der Waals surface area contributed by atoms with Crippen molar-refractivity contribution in [3.05, 3.63) is 75.1 Å². The third kappa shape index (κ3) is 2.69. The van der Waals surface area contributed by atoms with Crippen molar-refractivity contribution in [1.29, 1.82) is 0 Å². The van der Waals surface area contributed by atoms with Crippen LogP contribution in [-0.4, -0.2) is 15.0 Å². The molecule has 0 bridgehead atoms. The Hall–Kier alpha value is -3.07. The van der Waals surface area contributed by atoms with Gasteiger partial charge in [0.15, 0.2) is 11.4 Å². The van der Waals surface area contributed by atoms with Gasteiger partial charge in [0.2, 0.25) is 0 Å². The van der Waals surface area contributed by atoms with Gasteiger partial charge in [0.25, 0.3) is 0 Å². The Labute approximate surface area is 129 Å². The van der Waals surface area contributed by atoms with Crippen molar-refractivity contribution in [3.63, 3.8) is 0 Å². The average Bonchev–Trinajstić information content (AvgIpc) is 2.92. The van der Waals surface area contributed by atoms with Crippen molar-refractivity contribution in [2.45, 2.75) is 0 Å². The zero-order chi connectivity index (χ0) is 16.4. The van der Waals surface area contributed by atoms with Gasteiger partial charge in [-0.05, 0) is 29.4 Å². The highest BCUT2D eigenvalue weighted by molar-refractivity contribution is 5.72. The fraction of sp³-hybridized carbons (Fsp3) is 0. The summed E-state index contributed by atoms with van der Waals surface area (Å²) in [6, 6.07) is 14.6. The van der Waals surface area contributed by atoms with Crippen molar-refractivity contribution in [2.75, 3.05) is 0 Å². The molecule has 0 aliphatic heterocycles. The number of H-pyrrole nitrogens is 1. The van der Waals surface area contributed by atoms with Gasteiger partial charge in [-0.25, -0.2) is 9.89 Å². The molecule has 0 amide bonds. The van der Waals surface area contributed by atoms with Gasteiger partial charge in [-0.1, -0.05) is 18.2 Å². The molecule has 0 aliphatic rings. The summed E-state index contributed by atoms with van der Waals surface area (Å²) in [6.07, 6.45) is 0. The Bertz CT molecular complexity index is 882. The summed E-state index contributed by atoms with van der Waals surface area (Å²) in [7, 11) is 0. The maximum Gasteiger partial charge on any atom is 0.301 e. The first-order valence-electron chi connectivity index (χ1n) is 6.69. The van der Waals surface area contributed by atoms with Crippen LogP contribution < -0.4 is 10.8 Å². The Morgan fingerprint density at radius 2 is 1.74 bits per heavy atom. The van der Waals surface area contributed by atoms with Crippen LogP contribution in [0.25, 0.3) is 16.9 Å². The molecule has 0 saturated carbocycles. The van der Waals surface area contributed by atoms with Gasteiger partial charge in [-0.2, -0.15) is 5.23 Å². The van der Waals surface area contributed by atoms with Gasteiger partial charge in [0.1, 0.15) is 0 Å². The summed E-state index contributed by atoms with van der Waals surface area (Å²) < 4.78 is 1.22. The number of aromatic nitrogens is 2. The van der Waals surface area contributed by atoms with Crippen LogP contribution in [0.1, 0.15) is 0 Å². The van der Waals surface area contributed by atoms with Gasteiger partial charge in [-0.15, -0.1) is 4.91 Å². The average molecular weight is 312 g/mol. The molecule has 8 nitrogen and oxygen atoms in total. The summed E-state index contributed by atoms with van der Waals surface area (Å²) in [5.74, 6) is 0. The molecule has 3 N–H and O–H groups in total. The molecule has 0 aliphatic carbocycles. The van der Waals surface area contributed by atoms with Gasteiger partial charge >= 0.3 is 5.56 Å². The molecular formula is C15H12N4O4. The molecule has 1 unspecified atom stereocenters. The second-order valence-electron chi connectivity index (χ2n) is 4.79. The predicted molar refractivity (Wildman–Crippen MR) is 83.1 cm³/mol. The van der Waals surface area contributed by atoms with E-state index in [0.717, 1.165) is 0 Å². The summed E-state index contributed by atoms with van der Waals surface area (Å²) in [6.45, 7) is 0. The number of hydrogen-bond donors (Lipinski definition) is 3. The van der Waals surface area contributed by atoms with Crippen LogP contribution in [0.15, 0.2) is 64.6 Å². The molecule has 0 fully saturated rings. The Balaban J connectivity index is 2.13. The fourth-order valence-corrected chi connectivity index (χ4v) is 2.25. The Morgan fingerprint density at radius 3 is 2.30 bits per heavy atom. The second kappa shape index (κ2) is 5.97. The van der Waals surface area contributed by atoms with E-state index in [2.05, 4.69) is 10.3 Å². The molecular weight excluding hydrogens is 300 g/mol. The summed E-state index contributed by atoms with van der Waals surface area (Å²) in [5, 5.41) is 24.4. The number of hydrogen-bond acceptors (Lipinski definition) is 5. The minimum absolute atomic E-state index is 0.110. The van der Waals surface area contributed by atoms with E-state index in [-0.39, 0.29) is 17.1 Å². The molecule has 1 aromatic heterocycles. The van der Waals surface area contributed by atoms with E-state index in [1.165, 1.54) is 28.9 Å². The quantitative estimate of drug-likeness (QED) is 0.501. The number of nitrogens with one attached hydrogen (secondary N) is 2. The van der Waals surface area contributed by atoms with Crippen LogP contribution in [0.4, 0.5) is 11.4 Å². The zero-order valence-corrected chi connectivity index (χ0v) is 11.8. The van der Waals surface area contributed by atoms with Crippen LogP contribution in [-0.2, 0) is 0 Å². The number of quaternary nitrogens is 1. The van der Waals surface area contributed by atoms with Crippen molar-refractivity contribution in [1.82, 2.24) is 9.78 Å². The van der Waals surface area contributed by atoms with Crippen molar-refractivity contribution in [3.8, 4) is 16.9 Å². The minimum atomic E-state index is -1.05. The highest BCUT2D eigenvalue weighted by Gasteiger charge is 2.17. The molecule has 0 spiro atoms. The molecule has 3 rings (SSSR count). The van der Waals surface area contributed by atoms with Crippen molar-refractivity contribution in [2.24, 2.45) is 5.18 Å². The first kappa shape index (κ1) is 14.9. The van der Waals surface area contributed by atoms with Crippen LogP contribution in [0, 0.1) is 10.1 Å². The van der Waals surface area contributed by atoms with Gasteiger partial charge in [-0.3, -0.25) is 9.89 Å². The third-order valence-electron chi connectivity index (χ3n) is 3.39.